The first-order valence-electron chi connectivity index (χ1n) is 8.08. The van der Waals surface area contributed by atoms with Gasteiger partial charge in [0.2, 0.25) is 5.88 Å². The standard InChI is InChI=1S/C20H18N2O4.Na/c1-13(7-12-19(23)24)25-15-8-10-16(11-9-15)26-20-14(2)21-17-5-3-4-6-18(17)22-20;/h3-13H,1-2H3,(H,23,24);/q;+1/p-1. The number of para-hydroxylation sites is 2. The van der Waals surface area contributed by atoms with Crippen LogP contribution in [0.25, 0.3) is 11.0 Å². The van der Waals surface area contributed by atoms with Crippen LogP contribution >= 0.6 is 0 Å². The number of rotatable bonds is 6. The van der Waals surface area contributed by atoms with Gasteiger partial charge in [-0.15, -0.1) is 0 Å². The number of hydrogen-bond acceptors (Lipinski definition) is 6. The monoisotopic (exact) mass is 372 g/mol. The smallest absolute Gasteiger partial charge is 0.545 e. The van der Waals surface area contributed by atoms with Crippen LogP contribution in [0.1, 0.15) is 12.6 Å². The number of aliphatic carboxylic acids is 1. The zero-order chi connectivity index (χ0) is 18.5. The number of benzene rings is 2. The summed E-state index contributed by atoms with van der Waals surface area (Å²) in [4.78, 5) is 19.4. The molecule has 0 radical (unpaired) electrons. The average Bonchev–Trinajstić information content (AvgIpc) is 2.62. The maximum atomic E-state index is 10.4. The van der Waals surface area contributed by atoms with Crippen LogP contribution in [0.4, 0.5) is 0 Å². The number of fused-ring (bicyclic) bond motifs is 1. The molecular weight excluding hydrogens is 355 g/mol. The van der Waals surface area contributed by atoms with Gasteiger partial charge in [0.25, 0.3) is 0 Å². The first-order valence-corrected chi connectivity index (χ1v) is 8.08. The van der Waals surface area contributed by atoms with Crippen molar-refractivity contribution in [3.8, 4) is 17.4 Å². The van der Waals surface area contributed by atoms with E-state index in [1.54, 1.807) is 31.2 Å². The van der Waals surface area contributed by atoms with Gasteiger partial charge in [-0.05, 0) is 62.4 Å². The van der Waals surface area contributed by atoms with Crippen LogP contribution in [0.15, 0.2) is 60.7 Å². The largest absolute Gasteiger partial charge is 1.00 e. The predicted molar refractivity (Wildman–Crippen MR) is 95.0 cm³/mol. The number of carbonyl (C=O) groups excluding carboxylic acids is 1. The molecule has 0 amide bonds. The molecule has 132 valence electrons. The Morgan fingerprint density at radius 3 is 2.26 bits per heavy atom. The summed E-state index contributed by atoms with van der Waals surface area (Å²) >= 11 is 0. The Morgan fingerprint density at radius 1 is 1.04 bits per heavy atom. The molecule has 0 saturated carbocycles. The molecule has 7 heteroatoms. The number of aryl methyl sites for hydroxylation is 1. The van der Waals surface area contributed by atoms with E-state index in [4.69, 9.17) is 9.47 Å². The predicted octanol–water partition coefficient (Wildman–Crippen LogP) is -0.192. The normalized spacial score (nSPS) is 11.8. The summed E-state index contributed by atoms with van der Waals surface area (Å²) in [6.07, 6.45) is 1.96. The van der Waals surface area contributed by atoms with Gasteiger partial charge >= 0.3 is 29.6 Å². The summed E-state index contributed by atoms with van der Waals surface area (Å²) in [5.41, 5.74) is 2.28. The molecule has 0 aliphatic heterocycles. The fourth-order valence-corrected chi connectivity index (χ4v) is 2.33. The maximum Gasteiger partial charge on any atom is 1.00 e. The van der Waals surface area contributed by atoms with E-state index >= 15 is 0 Å². The fraction of sp³-hybridized carbons (Fsp3) is 0.150. The second-order valence-electron chi connectivity index (χ2n) is 5.68. The topological polar surface area (TPSA) is 84.4 Å². The Hall–Kier alpha value is -2.41. The molecule has 0 fully saturated rings. The Balaban J connectivity index is 0.00000261. The van der Waals surface area contributed by atoms with E-state index in [0.29, 0.717) is 23.1 Å². The Bertz CT molecular complexity index is 958. The fourth-order valence-electron chi connectivity index (χ4n) is 2.33. The van der Waals surface area contributed by atoms with Crippen LogP contribution in [0.5, 0.6) is 17.4 Å². The molecule has 0 N–H and O–H groups in total. The number of carboxylic acid groups (broad SMARTS) is 1. The average molecular weight is 372 g/mol. The summed E-state index contributed by atoms with van der Waals surface area (Å²) < 4.78 is 11.4. The van der Waals surface area contributed by atoms with E-state index in [2.05, 4.69) is 9.97 Å². The van der Waals surface area contributed by atoms with Crippen LogP contribution in [-0.2, 0) is 4.79 Å². The SMILES string of the molecule is Cc1nc2ccccc2nc1Oc1ccc(OC(C)C=CC(=O)[O-])cc1.[Na+]. The van der Waals surface area contributed by atoms with E-state index in [0.717, 1.165) is 17.1 Å². The molecule has 1 unspecified atom stereocenters. The van der Waals surface area contributed by atoms with Crippen molar-refractivity contribution in [3.63, 3.8) is 0 Å². The number of carbonyl (C=O) groups is 1. The molecule has 27 heavy (non-hydrogen) atoms. The van der Waals surface area contributed by atoms with Gasteiger partial charge in [-0.25, -0.2) is 9.97 Å². The van der Waals surface area contributed by atoms with E-state index in [1.165, 1.54) is 6.08 Å². The molecule has 3 rings (SSSR count). The molecule has 2 aromatic carbocycles. The summed E-state index contributed by atoms with van der Waals surface area (Å²) in [7, 11) is 0. The second kappa shape index (κ2) is 9.50. The Kier molecular flexibility index (Phi) is 7.36. The van der Waals surface area contributed by atoms with Crippen molar-refractivity contribution in [2.75, 3.05) is 0 Å². The van der Waals surface area contributed by atoms with Gasteiger partial charge < -0.3 is 19.4 Å². The number of carboxylic acids is 1. The van der Waals surface area contributed by atoms with E-state index in [-0.39, 0.29) is 29.6 Å². The quantitative estimate of drug-likeness (QED) is 0.440. The van der Waals surface area contributed by atoms with Gasteiger partial charge in [0.1, 0.15) is 23.3 Å². The minimum absolute atomic E-state index is 0. The van der Waals surface area contributed by atoms with E-state index in [9.17, 15) is 9.90 Å². The third-order valence-electron chi connectivity index (χ3n) is 3.56. The third-order valence-corrected chi connectivity index (χ3v) is 3.56. The molecule has 1 heterocycles. The minimum Gasteiger partial charge on any atom is -0.545 e. The zero-order valence-corrected chi connectivity index (χ0v) is 17.4. The number of aromatic nitrogens is 2. The van der Waals surface area contributed by atoms with Gasteiger partial charge in [-0.3, -0.25) is 0 Å². The van der Waals surface area contributed by atoms with Gasteiger partial charge in [0, 0.05) is 0 Å². The van der Waals surface area contributed by atoms with Crippen molar-refractivity contribution >= 4 is 17.0 Å². The van der Waals surface area contributed by atoms with Gasteiger partial charge in [0.15, 0.2) is 0 Å². The Labute approximate surface area is 179 Å². The molecule has 0 saturated heterocycles. The van der Waals surface area contributed by atoms with E-state index < -0.39 is 12.1 Å². The van der Waals surface area contributed by atoms with Crippen LogP contribution in [-0.4, -0.2) is 22.0 Å². The van der Waals surface area contributed by atoms with Crippen LogP contribution in [0.3, 0.4) is 0 Å². The molecule has 1 aromatic heterocycles. The molecule has 3 aromatic rings. The summed E-state index contributed by atoms with van der Waals surface area (Å²) in [5, 5.41) is 10.4. The summed E-state index contributed by atoms with van der Waals surface area (Å²) in [6.45, 7) is 3.58. The van der Waals surface area contributed by atoms with Gasteiger partial charge in [-0.2, -0.15) is 0 Å². The van der Waals surface area contributed by atoms with Crippen molar-refractivity contribution in [1.29, 1.82) is 0 Å². The number of ether oxygens (including phenoxy) is 2. The summed E-state index contributed by atoms with van der Waals surface area (Å²) in [5.74, 6) is 0.385. The number of nitrogens with zero attached hydrogens (tertiary/aromatic N) is 2. The van der Waals surface area contributed by atoms with Crippen molar-refractivity contribution in [3.05, 3.63) is 66.4 Å². The maximum absolute atomic E-state index is 10.4. The summed E-state index contributed by atoms with van der Waals surface area (Å²) in [6, 6.07) is 14.6. The van der Waals surface area contributed by atoms with Crippen molar-refractivity contribution in [1.82, 2.24) is 9.97 Å². The molecular formula is C20H17N2NaO4. The molecule has 0 spiro atoms. The van der Waals surface area contributed by atoms with Crippen molar-refractivity contribution in [2.45, 2.75) is 20.0 Å². The van der Waals surface area contributed by atoms with Gasteiger partial charge in [-0.1, -0.05) is 12.1 Å². The second-order valence-corrected chi connectivity index (χ2v) is 5.68. The molecule has 6 nitrogen and oxygen atoms in total. The molecule has 1 atom stereocenters. The third kappa shape index (κ3) is 5.79. The first kappa shape index (κ1) is 20.9. The van der Waals surface area contributed by atoms with Crippen LogP contribution < -0.4 is 44.1 Å². The van der Waals surface area contributed by atoms with Crippen LogP contribution in [0, 0.1) is 6.92 Å². The molecule has 0 bridgehead atoms. The van der Waals surface area contributed by atoms with E-state index in [1.807, 2.05) is 31.2 Å². The molecule has 0 aliphatic rings. The number of hydrogen-bond donors (Lipinski definition) is 0. The van der Waals surface area contributed by atoms with Crippen molar-refractivity contribution < 1.29 is 48.9 Å². The van der Waals surface area contributed by atoms with Crippen molar-refractivity contribution in [2.24, 2.45) is 0 Å². The minimum atomic E-state index is -1.25. The Morgan fingerprint density at radius 2 is 1.63 bits per heavy atom. The van der Waals surface area contributed by atoms with Gasteiger partial charge in [0.05, 0.1) is 17.0 Å². The zero-order valence-electron chi connectivity index (χ0n) is 15.4. The first-order chi connectivity index (χ1) is 12.5. The van der Waals surface area contributed by atoms with Crippen LogP contribution in [0.2, 0.25) is 0 Å². The molecule has 0 aliphatic carbocycles.